The molecular formula is C25H30ClN3O2S. The Morgan fingerprint density at radius 2 is 1.72 bits per heavy atom. The summed E-state index contributed by atoms with van der Waals surface area (Å²) in [5.41, 5.74) is 3.13. The Bertz CT molecular complexity index is 985. The molecule has 170 valence electrons. The third kappa shape index (κ3) is 6.79. The molecule has 0 fully saturated rings. The average molecular weight is 472 g/mol. The number of carbonyl (C=O) groups excluding carboxylic acids is 1. The van der Waals surface area contributed by atoms with Gasteiger partial charge in [-0.25, -0.2) is 4.98 Å². The first-order valence-electron chi connectivity index (χ1n) is 10.9. The number of anilines is 1. The van der Waals surface area contributed by atoms with Gasteiger partial charge in [0.2, 0.25) is 0 Å². The van der Waals surface area contributed by atoms with Crippen LogP contribution in [0.3, 0.4) is 0 Å². The maximum absolute atomic E-state index is 13.1. The van der Waals surface area contributed by atoms with Gasteiger partial charge in [0.05, 0.1) is 5.69 Å². The van der Waals surface area contributed by atoms with Crippen molar-refractivity contribution in [2.45, 2.75) is 27.2 Å². The molecule has 32 heavy (non-hydrogen) atoms. The highest BCUT2D eigenvalue weighted by molar-refractivity contribution is 7.14. The molecule has 7 heteroatoms. The lowest BCUT2D eigenvalue weighted by Gasteiger charge is -2.23. The van der Waals surface area contributed by atoms with Gasteiger partial charge in [0, 0.05) is 22.5 Å². The summed E-state index contributed by atoms with van der Waals surface area (Å²) in [6, 6.07) is 15.3. The van der Waals surface area contributed by atoms with Crippen LogP contribution in [0.1, 0.15) is 25.8 Å². The van der Waals surface area contributed by atoms with E-state index in [0.717, 1.165) is 37.3 Å². The van der Waals surface area contributed by atoms with Gasteiger partial charge in [-0.3, -0.25) is 9.69 Å². The molecule has 0 saturated heterocycles. The Kier molecular flexibility index (Phi) is 9.09. The fourth-order valence-corrected chi connectivity index (χ4v) is 4.32. The third-order valence-electron chi connectivity index (χ3n) is 5.30. The van der Waals surface area contributed by atoms with Crippen molar-refractivity contribution in [3.63, 3.8) is 0 Å². The smallest absolute Gasteiger partial charge is 0.266 e. The van der Waals surface area contributed by atoms with E-state index in [1.807, 2.05) is 5.38 Å². The van der Waals surface area contributed by atoms with Crippen LogP contribution in [0.25, 0.3) is 11.3 Å². The first-order valence-corrected chi connectivity index (χ1v) is 12.2. The molecule has 1 heterocycles. The summed E-state index contributed by atoms with van der Waals surface area (Å²) in [7, 11) is 0. The van der Waals surface area contributed by atoms with Crippen LogP contribution in [-0.4, -0.2) is 48.6 Å². The first kappa shape index (κ1) is 24.2. The van der Waals surface area contributed by atoms with E-state index in [9.17, 15) is 4.79 Å². The molecule has 0 saturated carbocycles. The fourth-order valence-electron chi connectivity index (χ4n) is 3.32. The van der Waals surface area contributed by atoms with E-state index in [1.165, 1.54) is 16.9 Å². The summed E-state index contributed by atoms with van der Waals surface area (Å²) >= 11 is 7.42. The summed E-state index contributed by atoms with van der Waals surface area (Å²) in [5.74, 6) is 0.509. The monoisotopic (exact) mass is 471 g/mol. The molecule has 0 bridgehead atoms. The Hall–Kier alpha value is -2.41. The topological polar surface area (TPSA) is 45.7 Å². The maximum atomic E-state index is 13.1. The minimum Gasteiger partial charge on any atom is -0.484 e. The number of halogens is 1. The number of thiazole rings is 1. The van der Waals surface area contributed by atoms with Crippen molar-refractivity contribution in [3.8, 4) is 17.0 Å². The van der Waals surface area contributed by atoms with Crippen LogP contribution >= 0.6 is 22.9 Å². The molecule has 2 aromatic carbocycles. The molecular weight excluding hydrogens is 442 g/mol. The number of carbonyl (C=O) groups is 1. The number of ether oxygens (including phenoxy) is 1. The molecule has 3 aromatic rings. The highest BCUT2D eigenvalue weighted by Gasteiger charge is 2.20. The Morgan fingerprint density at radius 3 is 2.38 bits per heavy atom. The predicted molar refractivity (Wildman–Crippen MR) is 134 cm³/mol. The summed E-state index contributed by atoms with van der Waals surface area (Å²) in [4.78, 5) is 22.0. The molecule has 0 atom stereocenters. The van der Waals surface area contributed by atoms with Gasteiger partial charge in [0.25, 0.3) is 5.91 Å². The van der Waals surface area contributed by atoms with Crippen LogP contribution in [0.2, 0.25) is 5.02 Å². The Balaban J connectivity index is 1.73. The maximum Gasteiger partial charge on any atom is 0.266 e. The van der Waals surface area contributed by atoms with E-state index >= 15 is 0 Å². The Labute approximate surface area is 199 Å². The number of rotatable bonds is 11. The predicted octanol–water partition coefficient (Wildman–Crippen LogP) is 5.92. The van der Waals surface area contributed by atoms with Crippen LogP contribution < -0.4 is 9.64 Å². The summed E-state index contributed by atoms with van der Waals surface area (Å²) in [5, 5.41) is 3.34. The molecule has 0 unspecified atom stereocenters. The molecule has 0 aliphatic carbocycles. The molecule has 0 radical (unpaired) electrons. The zero-order valence-electron chi connectivity index (χ0n) is 18.9. The molecule has 1 aromatic heterocycles. The lowest BCUT2D eigenvalue weighted by molar-refractivity contribution is -0.120. The van der Waals surface area contributed by atoms with Crippen molar-refractivity contribution in [1.29, 1.82) is 0 Å². The number of amides is 1. The largest absolute Gasteiger partial charge is 0.484 e. The van der Waals surface area contributed by atoms with Crippen LogP contribution in [0.5, 0.6) is 5.75 Å². The van der Waals surface area contributed by atoms with Gasteiger partial charge in [-0.2, -0.15) is 0 Å². The van der Waals surface area contributed by atoms with E-state index in [0.29, 0.717) is 22.4 Å². The highest BCUT2D eigenvalue weighted by atomic mass is 35.5. The van der Waals surface area contributed by atoms with E-state index in [-0.39, 0.29) is 12.5 Å². The summed E-state index contributed by atoms with van der Waals surface area (Å²) in [6.07, 6.45) is 0.869. The van der Waals surface area contributed by atoms with E-state index in [2.05, 4.69) is 49.9 Å². The van der Waals surface area contributed by atoms with Gasteiger partial charge < -0.3 is 9.64 Å². The van der Waals surface area contributed by atoms with Crippen molar-refractivity contribution in [2.75, 3.05) is 37.7 Å². The van der Waals surface area contributed by atoms with Crippen molar-refractivity contribution in [2.24, 2.45) is 0 Å². The van der Waals surface area contributed by atoms with Crippen LogP contribution in [0.4, 0.5) is 5.13 Å². The second kappa shape index (κ2) is 12.0. The number of aromatic nitrogens is 1. The number of aryl methyl sites for hydroxylation is 1. The molecule has 0 spiro atoms. The van der Waals surface area contributed by atoms with Gasteiger partial charge >= 0.3 is 0 Å². The number of benzene rings is 2. The van der Waals surface area contributed by atoms with Crippen molar-refractivity contribution in [3.05, 3.63) is 64.5 Å². The molecule has 0 N–H and O–H groups in total. The quantitative estimate of drug-likeness (QED) is 0.348. The zero-order valence-corrected chi connectivity index (χ0v) is 20.5. The minimum atomic E-state index is -0.107. The van der Waals surface area contributed by atoms with E-state index < -0.39 is 0 Å². The average Bonchev–Trinajstić information content (AvgIpc) is 3.29. The van der Waals surface area contributed by atoms with Crippen LogP contribution in [0.15, 0.2) is 53.9 Å². The SMILES string of the molecule is CCN(CC)CCCN(C(=O)COc1ccc(Cl)cc1)c1nc(-c2ccc(C)cc2)cs1. The minimum absolute atomic E-state index is 0.0493. The first-order chi connectivity index (χ1) is 15.5. The van der Waals surface area contributed by atoms with Crippen LogP contribution in [-0.2, 0) is 4.79 Å². The highest BCUT2D eigenvalue weighted by Crippen LogP contribution is 2.28. The van der Waals surface area contributed by atoms with Crippen molar-refractivity contribution in [1.82, 2.24) is 9.88 Å². The zero-order chi connectivity index (χ0) is 22.9. The van der Waals surface area contributed by atoms with Crippen LogP contribution in [0, 0.1) is 6.92 Å². The van der Waals surface area contributed by atoms with Gasteiger partial charge in [-0.1, -0.05) is 55.3 Å². The standard InChI is InChI=1S/C25H30ClN3O2S/c1-4-28(5-2)15-6-16-29(24(30)17-31-22-13-11-21(26)12-14-22)25-27-23(18-32-25)20-9-7-19(3)8-10-20/h7-14,18H,4-6,15-17H2,1-3H3. The molecule has 0 aliphatic rings. The van der Waals surface area contributed by atoms with E-state index in [4.69, 9.17) is 21.3 Å². The number of hydrogen-bond acceptors (Lipinski definition) is 5. The van der Waals surface area contributed by atoms with Crippen molar-refractivity contribution >= 4 is 34.0 Å². The fraction of sp³-hybridized carbons (Fsp3) is 0.360. The number of nitrogens with zero attached hydrogens (tertiary/aromatic N) is 3. The van der Waals surface area contributed by atoms with E-state index in [1.54, 1.807) is 29.2 Å². The lowest BCUT2D eigenvalue weighted by Crippen LogP contribution is -2.37. The second-order valence-corrected chi connectivity index (χ2v) is 8.82. The molecule has 1 amide bonds. The van der Waals surface area contributed by atoms with Gasteiger partial charge in [0.15, 0.2) is 11.7 Å². The van der Waals surface area contributed by atoms with Gasteiger partial charge in [-0.05, 0) is 57.2 Å². The Morgan fingerprint density at radius 1 is 1.03 bits per heavy atom. The normalized spacial score (nSPS) is 11.0. The third-order valence-corrected chi connectivity index (χ3v) is 6.41. The second-order valence-electron chi connectivity index (χ2n) is 7.55. The summed E-state index contributed by atoms with van der Waals surface area (Å²) in [6.45, 7) is 9.85. The summed E-state index contributed by atoms with van der Waals surface area (Å²) < 4.78 is 5.72. The van der Waals surface area contributed by atoms with Gasteiger partial charge in [0.1, 0.15) is 5.75 Å². The van der Waals surface area contributed by atoms with Gasteiger partial charge in [-0.15, -0.1) is 11.3 Å². The molecule has 0 aliphatic heterocycles. The number of hydrogen-bond donors (Lipinski definition) is 0. The van der Waals surface area contributed by atoms with Crippen molar-refractivity contribution < 1.29 is 9.53 Å². The molecule has 5 nitrogen and oxygen atoms in total. The lowest BCUT2D eigenvalue weighted by atomic mass is 10.1. The molecule has 3 rings (SSSR count).